The highest BCUT2D eigenvalue weighted by molar-refractivity contribution is 5.74. The fraction of sp³-hybridized carbons (Fsp3) is 0.769. The first-order chi connectivity index (χ1) is 7.56. The van der Waals surface area contributed by atoms with Crippen molar-refractivity contribution in [1.29, 1.82) is 0 Å². The molecule has 0 aromatic carbocycles. The van der Waals surface area contributed by atoms with Gasteiger partial charge in [0.1, 0.15) is 0 Å². The normalized spacial score (nSPS) is 18.0. The van der Waals surface area contributed by atoms with Gasteiger partial charge in [-0.15, -0.1) is 0 Å². The first-order valence-electron chi connectivity index (χ1n) is 6.21. The molecule has 1 unspecified atom stereocenters. The van der Waals surface area contributed by atoms with E-state index in [-0.39, 0.29) is 6.03 Å². The quantitative estimate of drug-likeness (QED) is 0.676. The maximum atomic E-state index is 11.7. The Labute approximate surface area is 99.1 Å². The molecule has 2 amide bonds. The Morgan fingerprint density at radius 3 is 2.69 bits per heavy atom. The maximum absolute atomic E-state index is 11.7. The molecule has 0 saturated heterocycles. The second-order valence-electron chi connectivity index (χ2n) is 4.84. The molecule has 0 spiro atoms. The molecule has 0 aromatic rings. The van der Waals surface area contributed by atoms with E-state index >= 15 is 0 Å². The van der Waals surface area contributed by atoms with Gasteiger partial charge in [0.15, 0.2) is 0 Å². The minimum Gasteiger partial charge on any atom is -0.331 e. The van der Waals surface area contributed by atoms with Gasteiger partial charge in [0.05, 0.1) is 0 Å². The summed E-state index contributed by atoms with van der Waals surface area (Å²) in [5.74, 6) is 0.682. The van der Waals surface area contributed by atoms with Crippen LogP contribution in [-0.4, -0.2) is 43.0 Å². The molecule has 0 aromatic heterocycles. The third-order valence-corrected chi connectivity index (χ3v) is 3.25. The molecule has 1 heterocycles. The van der Waals surface area contributed by atoms with Crippen molar-refractivity contribution in [1.82, 2.24) is 9.80 Å². The van der Waals surface area contributed by atoms with Gasteiger partial charge in [0.2, 0.25) is 0 Å². The number of rotatable bonds is 3. The summed E-state index contributed by atoms with van der Waals surface area (Å²) >= 11 is 0. The smallest absolute Gasteiger partial charge is 0.319 e. The third-order valence-electron chi connectivity index (χ3n) is 3.25. The molecule has 16 heavy (non-hydrogen) atoms. The van der Waals surface area contributed by atoms with E-state index in [9.17, 15) is 4.79 Å². The lowest BCUT2D eigenvalue weighted by Crippen LogP contribution is -2.41. The molecule has 3 nitrogen and oxygen atoms in total. The second-order valence-corrected chi connectivity index (χ2v) is 4.84. The number of urea groups is 1. The Hall–Kier alpha value is -0.990. The Balaban J connectivity index is 2.51. The van der Waals surface area contributed by atoms with Crippen LogP contribution in [0.15, 0.2) is 11.6 Å². The summed E-state index contributed by atoms with van der Waals surface area (Å²) in [7, 11) is 3.61. The van der Waals surface area contributed by atoms with Crippen LogP contribution in [0.2, 0.25) is 0 Å². The summed E-state index contributed by atoms with van der Waals surface area (Å²) in [6.45, 7) is 6.16. The van der Waals surface area contributed by atoms with Crippen LogP contribution in [0.3, 0.4) is 0 Å². The lowest BCUT2D eigenvalue weighted by Gasteiger charge is -2.30. The van der Waals surface area contributed by atoms with Gasteiger partial charge in [-0.1, -0.05) is 31.9 Å². The molecule has 1 aliphatic rings. The number of hydrogen-bond donors (Lipinski definition) is 0. The Kier molecular flexibility index (Phi) is 4.84. The summed E-state index contributed by atoms with van der Waals surface area (Å²) in [4.78, 5) is 15.3. The number of amides is 2. The molecule has 92 valence electrons. The van der Waals surface area contributed by atoms with Crippen molar-refractivity contribution >= 4 is 6.03 Å². The van der Waals surface area contributed by atoms with Gasteiger partial charge < -0.3 is 9.80 Å². The van der Waals surface area contributed by atoms with Crippen molar-refractivity contribution in [2.45, 2.75) is 33.1 Å². The number of carbonyl (C=O) groups excluding carboxylic acids is 1. The third kappa shape index (κ3) is 3.26. The van der Waals surface area contributed by atoms with E-state index in [1.165, 1.54) is 18.4 Å². The van der Waals surface area contributed by atoms with E-state index in [0.717, 1.165) is 19.5 Å². The van der Waals surface area contributed by atoms with Gasteiger partial charge in [-0.2, -0.15) is 0 Å². The van der Waals surface area contributed by atoms with Crippen molar-refractivity contribution in [3.63, 3.8) is 0 Å². The van der Waals surface area contributed by atoms with Crippen molar-refractivity contribution < 1.29 is 4.79 Å². The Bertz CT molecular complexity index is 271. The topological polar surface area (TPSA) is 23.6 Å². The van der Waals surface area contributed by atoms with Gasteiger partial charge in [-0.05, 0) is 18.8 Å². The zero-order valence-corrected chi connectivity index (χ0v) is 11.0. The molecule has 0 N–H and O–H groups in total. The first-order valence-corrected chi connectivity index (χ1v) is 6.21. The van der Waals surface area contributed by atoms with Crippen LogP contribution in [0.4, 0.5) is 4.79 Å². The van der Waals surface area contributed by atoms with Gasteiger partial charge in [-0.3, -0.25) is 0 Å². The molecule has 0 aliphatic carbocycles. The summed E-state index contributed by atoms with van der Waals surface area (Å²) in [6, 6.07) is 0.124. The molecule has 0 radical (unpaired) electrons. The number of nitrogens with zero attached hydrogens (tertiary/aromatic N) is 2. The minimum absolute atomic E-state index is 0.124. The highest BCUT2D eigenvalue weighted by atomic mass is 16.2. The molecule has 0 fully saturated rings. The van der Waals surface area contributed by atoms with E-state index in [2.05, 4.69) is 19.9 Å². The molecular formula is C13H24N2O. The standard InChI is InChI=1S/C13H24N2O/c1-5-6-11(2)12-7-9-15(10-8-12)13(16)14(3)4/h7,11H,5-6,8-10H2,1-4H3. The van der Waals surface area contributed by atoms with Crippen molar-refractivity contribution in [2.75, 3.05) is 27.2 Å². The zero-order valence-electron chi connectivity index (χ0n) is 11.0. The van der Waals surface area contributed by atoms with Gasteiger partial charge in [0, 0.05) is 27.2 Å². The molecule has 1 rings (SSSR count). The monoisotopic (exact) mass is 224 g/mol. The molecule has 1 atom stereocenters. The van der Waals surface area contributed by atoms with Gasteiger partial charge >= 0.3 is 6.03 Å². The zero-order chi connectivity index (χ0) is 12.1. The SMILES string of the molecule is CCCC(C)C1=CCN(C(=O)N(C)C)CC1. The molecule has 3 heteroatoms. The highest BCUT2D eigenvalue weighted by Gasteiger charge is 2.20. The van der Waals surface area contributed by atoms with Crippen LogP contribution in [0.5, 0.6) is 0 Å². The van der Waals surface area contributed by atoms with Crippen LogP contribution < -0.4 is 0 Å². The van der Waals surface area contributed by atoms with Crippen molar-refractivity contribution in [3.05, 3.63) is 11.6 Å². The van der Waals surface area contributed by atoms with E-state index in [4.69, 9.17) is 0 Å². The van der Waals surface area contributed by atoms with Crippen LogP contribution >= 0.6 is 0 Å². The Morgan fingerprint density at radius 1 is 1.56 bits per heavy atom. The summed E-state index contributed by atoms with van der Waals surface area (Å²) in [6.07, 6.45) is 5.78. The van der Waals surface area contributed by atoms with E-state index in [0.29, 0.717) is 5.92 Å². The van der Waals surface area contributed by atoms with E-state index in [1.807, 2.05) is 4.90 Å². The van der Waals surface area contributed by atoms with Crippen LogP contribution in [0.25, 0.3) is 0 Å². The fourth-order valence-electron chi connectivity index (χ4n) is 2.21. The number of carbonyl (C=O) groups is 1. The van der Waals surface area contributed by atoms with Crippen molar-refractivity contribution in [3.8, 4) is 0 Å². The predicted octanol–water partition coefficient (Wildman–Crippen LogP) is 2.74. The van der Waals surface area contributed by atoms with E-state index < -0.39 is 0 Å². The van der Waals surface area contributed by atoms with Crippen LogP contribution in [0, 0.1) is 5.92 Å². The highest BCUT2D eigenvalue weighted by Crippen LogP contribution is 2.23. The lowest BCUT2D eigenvalue weighted by atomic mass is 9.92. The average molecular weight is 224 g/mol. The van der Waals surface area contributed by atoms with Crippen LogP contribution in [0.1, 0.15) is 33.1 Å². The number of hydrogen-bond acceptors (Lipinski definition) is 1. The molecular weight excluding hydrogens is 200 g/mol. The summed E-state index contributed by atoms with van der Waals surface area (Å²) < 4.78 is 0. The molecule has 1 aliphatic heterocycles. The van der Waals surface area contributed by atoms with Crippen LogP contribution in [-0.2, 0) is 0 Å². The van der Waals surface area contributed by atoms with E-state index in [1.54, 1.807) is 19.0 Å². The van der Waals surface area contributed by atoms with Crippen molar-refractivity contribution in [2.24, 2.45) is 5.92 Å². The average Bonchev–Trinajstić information content (AvgIpc) is 2.28. The fourth-order valence-corrected chi connectivity index (χ4v) is 2.21. The van der Waals surface area contributed by atoms with Gasteiger partial charge in [-0.25, -0.2) is 4.79 Å². The minimum atomic E-state index is 0.124. The van der Waals surface area contributed by atoms with Gasteiger partial charge in [0.25, 0.3) is 0 Å². The maximum Gasteiger partial charge on any atom is 0.319 e. The first kappa shape index (κ1) is 13.1. The molecule has 0 saturated carbocycles. The molecule has 0 bridgehead atoms. The summed E-state index contributed by atoms with van der Waals surface area (Å²) in [5, 5.41) is 0. The lowest BCUT2D eigenvalue weighted by molar-refractivity contribution is 0.174. The predicted molar refractivity (Wildman–Crippen MR) is 67.4 cm³/mol. The second kappa shape index (κ2) is 5.92. The largest absolute Gasteiger partial charge is 0.331 e. The summed E-state index contributed by atoms with van der Waals surface area (Å²) in [5.41, 5.74) is 1.53. The Morgan fingerprint density at radius 2 is 2.25 bits per heavy atom.